The fraction of sp³-hybridized carbons (Fsp3) is 0.556. The van der Waals surface area contributed by atoms with Crippen molar-refractivity contribution < 1.29 is 14.0 Å². The van der Waals surface area contributed by atoms with Crippen LogP contribution in [0.4, 0.5) is 4.39 Å². The molecule has 0 aromatic heterocycles. The molecule has 132 valence electrons. The molecule has 5 nitrogen and oxygen atoms in total. The number of nitrogens with two attached hydrogens (primary N) is 1. The third-order valence-corrected chi connectivity index (χ3v) is 4.50. The van der Waals surface area contributed by atoms with Crippen molar-refractivity contribution in [2.24, 2.45) is 5.73 Å². The highest BCUT2D eigenvalue weighted by Gasteiger charge is 2.48. The predicted molar refractivity (Wildman–Crippen MR) is 90.5 cm³/mol. The molecule has 24 heavy (non-hydrogen) atoms. The fourth-order valence-electron chi connectivity index (χ4n) is 3.87. The first-order chi connectivity index (χ1) is 11.0. The highest BCUT2D eigenvalue weighted by molar-refractivity contribution is 6.35. The largest absolute Gasteiger partial charge is 0.344 e. The molecule has 3 N–H and O–H groups in total. The van der Waals surface area contributed by atoms with Crippen molar-refractivity contribution in [3.8, 4) is 0 Å². The third kappa shape index (κ3) is 3.93. The van der Waals surface area contributed by atoms with Crippen LogP contribution in [0.5, 0.6) is 0 Å². The fourth-order valence-corrected chi connectivity index (χ4v) is 3.87. The highest BCUT2D eigenvalue weighted by atomic mass is 19.1. The van der Waals surface area contributed by atoms with Crippen LogP contribution in [-0.4, -0.2) is 33.8 Å². The summed E-state index contributed by atoms with van der Waals surface area (Å²) in [5.41, 5.74) is 5.85. The van der Waals surface area contributed by atoms with Gasteiger partial charge >= 0.3 is 11.8 Å². The Balaban J connectivity index is 2.08. The van der Waals surface area contributed by atoms with Gasteiger partial charge in [0.15, 0.2) is 0 Å². The van der Waals surface area contributed by atoms with Crippen molar-refractivity contribution in [3.63, 3.8) is 0 Å². The summed E-state index contributed by atoms with van der Waals surface area (Å²) >= 11 is 0. The number of carbonyl (C=O) groups excluding carboxylic acids is 2. The van der Waals surface area contributed by atoms with Gasteiger partial charge in [0.1, 0.15) is 5.82 Å². The monoisotopic (exact) mass is 335 g/mol. The van der Waals surface area contributed by atoms with Gasteiger partial charge in [-0.1, -0.05) is 12.1 Å². The number of nitrogens with zero attached hydrogens (tertiary/aromatic N) is 1. The molecule has 1 aromatic rings. The van der Waals surface area contributed by atoms with Crippen molar-refractivity contribution in [2.75, 3.05) is 0 Å². The maximum absolute atomic E-state index is 12.9. The van der Waals surface area contributed by atoms with E-state index in [0.717, 1.165) is 5.56 Å². The van der Waals surface area contributed by atoms with Gasteiger partial charge in [-0.2, -0.15) is 0 Å². The SMILES string of the molecule is CC1(C)CC(N)CC(C)(C)N1C(=O)C(=O)NCc1ccc(F)cc1. The van der Waals surface area contributed by atoms with Crippen molar-refractivity contribution in [3.05, 3.63) is 35.6 Å². The minimum absolute atomic E-state index is 0.00123. The number of halogens is 1. The minimum Gasteiger partial charge on any atom is -0.344 e. The molecule has 0 aliphatic carbocycles. The number of hydrogen-bond acceptors (Lipinski definition) is 3. The molecule has 0 saturated carbocycles. The Hall–Kier alpha value is -1.95. The number of piperidine rings is 1. The summed E-state index contributed by atoms with van der Waals surface area (Å²) in [5, 5.41) is 2.62. The number of hydrogen-bond donors (Lipinski definition) is 2. The molecular formula is C18H26FN3O2. The van der Waals surface area contributed by atoms with E-state index in [0.29, 0.717) is 12.8 Å². The Morgan fingerprint density at radius 3 is 2.17 bits per heavy atom. The molecule has 1 heterocycles. The van der Waals surface area contributed by atoms with Crippen LogP contribution in [-0.2, 0) is 16.1 Å². The summed E-state index contributed by atoms with van der Waals surface area (Å²) in [5.74, 6) is -1.55. The summed E-state index contributed by atoms with van der Waals surface area (Å²) < 4.78 is 12.9. The molecule has 0 unspecified atom stereocenters. The van der Waals surface area contributed by atoms with Gasteiger partial charge in [-0.05, 0) is 58.2 Å². The average molecular weight is 335 g/mol. The van der Waals surface area contributed by atoms with Gasteiger partial charge in [-0.15, -0.1) is 0 Å². The van der Waals surface area contributed by atoms with Gasteiger partial charge in [0.2, 0.25) is 0 Å². The van der Waals surface area contributed by atoms with E-state index in [2.05, 4.69) is 5.32 Å². The Kier molecular flexibility index (Phi) is 4.99. The van der Waals surface area contributed by atoms with E-state index in [4.69, 9.17) is 5.73 Å². The van der Waals surface area contributed by atoms with E-state index in [1.165, 1.54) is 12.1 Å². The first-order valence-corrected chi connectivity index (χ1v) is 8.15. The average Bonchev–Trinajstić information content (AvgIpc) is 2.43. The predicted octanol–water partition coefficient (Wildman–Crippen LogP) is 1.95. The summed E-state index contributed by atoms with van der Waals surface area (Å²) in [6.07, 6.45) is 1.29. The molecule has 1 aliphatic heterocycles. The second-order valence-electron chi connectivity index (χ2n) is 7.74. The number of carbonyl (C=O) groups is 2. The first kappa shape index (κ1) is 18.4. The van der Waals surface area contributed by atoms with Crippen LogP contribution in [0.3, 0.4) is 0 Å². The van der Waals surface area contributed by atoms with Crippen LogP contribution in [0.1, 0.15) is 46.1 Å². The normalized spacial score (nSPS) is 19.8. The van der Waals surface area contributed by atoms with Crippen molar-refractivity contribution >= 4 is 11.8 Å². The number of amides is 2. The lowest BCUT2D eigenvalue weighted by Crippen LogP contribution is -2.67. The molecule has 2 amide bonds. The zero-order valence-electron chi connectivity index (χ0n) is 14.7. The van der Waals surface area contributed by atoms with Gasteiger partial charge in [0.25, 0.3) is 0 Å². The molecule has 0 spiro atoms. The van der Waals surface area contributed by atoms with Crippen LogP contribution < -0.4 is 11.1 Å². The molecule has 1 aliphatic rings. The summed E-state index contributed by atoms with van der Waals surface area (Å²) in [7, 11) is 0. The van der Waals surface area contributed by atoms with E-state index in [1.54, 1.807) is 17.0 Å². The zero-order valence-corrected chi connectivity index (χ0v) is 14.7. The van der Waals surface area contributed by atoms with Crippen LogP contribution in [0.15, 0.2) is 24.3 Å². The van der Waals surface area contributed by atoms with Gasteiger partial charge < -0.3 is 16.0 Å². The standard InChI is InChI=1S/C18H26FN3O2/c1-17(2)9-14(20)10-18(3,4)22(17)16(24)15(23)21-11-12-5-7-13(19)8-6-12/h5-8,14H,9-11,20H2,1-4H3,(H,21,23). The van der Waals surface area contributed by atoms with Gasteiger partial charge in [-0.25, -0.2) is 4.39 Å². The third-order valence-electron chi connectivity index (χ3n) is 4.50. The summed E-state index contributed by atoms with van der Waals surface area (Å²) in [6, 6.07) is 5.80. The topological polar surface area (TPSA) is 75.4 Å². The van der Waals surface area contributed by atoms with E-state index >= 15 is 0 Å². The molecule has 0 radical (unpaired) electrons. The molecule has 1 aromatic carbocycles. The molecule has 0 atom stereocenters. The summed E-state index contributed by atoms with van der Waals surface area (Å²) in [4.78, 5) is 26.7. The number of nitrogens with one attached hydrogen (secondary N) is 1. The molecule has 2 rings (SSSR count). The second kappa shape index (κ2) is 6.51. The molecule has 1 saturated heterocycles. The number of benzene rings is 1. The second-order valence-corrected chi connectivity index (χ2v) is 7.74. The minimum atomic E-state index is -0.657. The first-order valence-electron chi connectivity index (χ1n) is 8.15. The van der Waals surface area contributed by atoms with Crippen LogP contribution >= 0.6 is 0 Å². The molecule has 0 bridgehead atoms. The van der Waals surface area contributed by atoms with E-state index < -0.39 is 22.9 Å². The molecule has 1 fully saturated rings. The van der Waals surface area contributed by atoms with Gasteiger partial charge in [0.05, 0.1) is 0 Å². The van der Waals surface area contributed by atoms with E-state index in [9.17, 15) is 14.0 Å². The van der Waals surface area contributed by atoms with Crippen LogP contribution in [0.2, 0.25) is 0 Å². The maximum Gasteiger partial charge on any atom is 0.312 e. The summed E-state index contributed by atoms with van der Waals surface area (Å²) in [6.45, 7) is 7.90. The molecular weight excluding hydrogens is 309 g/mol. The Morgan fingerprint density at radius 2 is 1.67 bits per heavy atom. The highest BCUT2D eigenvalue weighted by Crippen LogP contribution is 2.37. The Morgan fingerprint density at radius 1 is 1.17 bits per heavy atom. The molecule has 6 heteroatoms. The van der Waals surface area contributed by atoms with Gasteiger partial charge in [-0.3, -0.25) is 9.59 Å². The van der Waals surface area contributed by atoms with Crippen LogP contribution in [0, 0.1) is 5.82 Å². The van der Waals surface area contributed by atoms with Crippen molar-refractivity contribution in [1.82, 2.24) is 10.2 Å². The van der Waals surface area contributed by atoms with Gasteiger partial charge in [0, 0.05) is 23.7 Å². The smallest absolute Gasteiger partial charge is 0.312 e. The quantitative estimate of drug-likeness (QED) is 0.811. The Labute approximate surface area is 142 Å². The van der Waals surface area contributed by atoms with Crippen LogP contribution in [0.25, 0.3) is 0 Å². The number of rotatable bonds is 2. The van der Waals surface area contributed by atoms with E-state index in [1.807, 2.05) is 27.7 Å². The van der Waals surface area contributed by atoms with Crippen molar-refractivity contribution in [2.45, 2.75) is 64.2 Å². The van der Waals surface area contributed by atoms with E-state index in [-0.39, 0.29) is 18.4 Å². The lowest BCUT2D eigenvalue weighted by atomic mass is 9.77. The lowest BCUT2D eigenvalue weighted by molar-refractivity contribution is -0.159. The lowest BCUT2D eigenvalue weighted by Gasteiger charge is -2.54. The number of likely N-dealkylation sites (tertiary alicyclic amines) is 1. The Bertz CT molecular complexity index is 608. The van der Waals surface area contributed by atoms with Crippen molar-refractivity contribution in [1.29, 1.82) is 0 Å². The zero-order chi connectivity index (χ0) is 18.1. The maximum atomic E-state index is 12.9.